The van der Waals surface area contributed by atoms with E-state index in [1.165, 1.54) is 103 Å². The maximum Gasteiger partial charge on any atom is 0.305 e. The third-order valence-electron chi connectivity index (χ3n) is 7.43. The average molecular weight is 539 g/mol. The van der Waals surface area contributed by atoms with Crippen LogP contribution in [-0.4, -0.2) is 25.2 Å². The number of ether oxygens (including phenoxy) is 2. The summed E-state index contributed by atoms with van der Waals surface area (Å²) < 4.78 is 10.5. The van der Waals surface area contributed by atoms with Crippen LogP contribution in [0.3, 0.4) is 0 Å². The highest BCUT2D eigenvalue weighted by Crippen LogP contribution is 2.15. The minimum Gasteiger partial charge on any atom is -0.466 e. The van der Waals surface area contributed by atoms with Gasteiger partial charge < -0.3 is 9.47 Å². The Bertz CT molecular complexity index is 469. The lowest BCUT2D eigenvalue weighted by Crippen LogP contribution is -2.07. The van der Waals surface area contributed by atoms with Gasteiger partial charge >= 0.3 is 11.9 Å². The van der Waals surface area contributed by atoms with Crippen LogP contribution in [0.5, 0.6) is 0 Å². The van der Waals surface area contributed by atoms with Crippen molar-refractivity contribution < 1.29 is 19.1 Å². The lowest BCUT2D eigenvalue weighted by atomic mass is 10.0. The van der Waals surface area contributed by atoms with E-state index in [2.05, 4.69) is 27.7 Å². The molecule has 0 saturated heterocycles. The molecule has 0 aliphatic rings. The second kappa shape index (κ2) is 28.9. The number of carbonyl (C=O) groups is 2. The summed E-state index contributed by atoms with van der Waals surface area (Å²) in [7, 11) is 0. The Morgan fingerprint density at radius 1 is 0.395 bits per heavy atom. The molecule has 0 saturated carbocycles. The Balaban J connectivity index is 3.15. The zero-order chi connectivity index (χ0) is 28.1. The summed E-state index contributed by atoms with van der Waals surface area (Å²) in [6, 6.07) is 0. The Hall–Kier alpha value is -1.06. The van der Waals surface area contributed by atoms with Gasteiger partial charge in [0, 0.05) is 12.8 Å². The van der Waals surface area contributed by atoms with E-state index in [9.17, 15) is 9.59 Å². The molecule has 226 valence electrons. The van der Waals surface area contributed by atoms with Crippen molar-refractivity contribution in [2.24, 2.45) is 11.8 Å². The maximum absolute atomic E-state index is 11.6. The van der Waals surface area contributed by atoms with Crippen molar-refractivity contribution >= 4 is 11.9 Å². The Labute approximate surface area is 237 Å². The van der Waals surface area contributed by atoms with E-state index in [4.69, 9.17) is 9.47 Å². The number of esters is 2. The fraction of sp³-hybridized carbons (Fsp3) is 0.941. The highest BCUT2D eigenvalue weighted by atomic mass is 16.5. The largest absolute Gasteiger partial charge is 0.466 e. The molecular weight excluding hydrogens is 472 g/mol. The molecule has 38 heavy (non-hydrogen) atoms. The third kappa shape index (κ3) is 31.2. The van der Waals surface area contributed by atoms with E-state index < -0.39 is 0 Å². The smallest absolute Gasteiger partial charge is 0.305 e. The van der Waals surface area contributed by atoms with Crippen LogP contribution < -0.4 is 0 Å². The van der Waals surface area contributed by atoms with Crippen LogP contribution in [0.15, 0.2) is 0 Å². The monoisotopic (exact) mass is 538 g/mol. The van der Waals surface area contributed by atoms with E-state index in [-0.39, 0.29) is 11.9 Å². The van der Waals surface area contributed by atoms with Gasteiger partial charge in [-0.3, -0.25) is 9.59 Å². The lowest BCUT2D eigenvalue weighted by molar-refractivity contribution is -0.145. The Kier molecular flexibility index (Phi) is 28.1. The first-order valence-corrected chi connectivity index (χ1v) is 16.7. The van der Waals surface area contributed by atoms with Gasteiger partial charge in [-0.25, -0.2) is 0 Å². The number of rotatable bonds is 29. The molecular formula is C34H66O4. The van der Waals surface area contributed by atoms with E-state index in [1.807, 2.05) is 0 Å². The van der Waals surface area contributed by atoms with Crippen molar-refractivity contribution in [1.82, 2.24) is 0 Å². The topological polar surface area (TPSA) is 52.6 Å². The van der Waals surface area contributed by atoms with Crippen LogP contribution in [-0.2, 0) is 19.1 Å². The zero-order valence-electron chi connectivity index (χ0n) is 26.2. The molecule has 0 aromatic rings. The normalized spacial score (nSPS) is 11.4. The van der Waals surface area contributed by atoms with Gasteiger partial charge in [0.2, 0.25) is 0 Å². The van der Waals surface area contributed by atoms with E-state index in [0.717, 1.165) is 38.5 Å². The van der Waals surface area contributed by atoms with Gasteiger partial charge in [0.25, 0.3) is 0 Å². The predicted molar refractivity (Wildman–Crippen MR) is 162 cm³/mol. The molecule has 0 aliphatic carbocycles. The van der Waals surface area contributed by atoms with E-state index >= 15 is 0 Å². The Morgan fingerprint density at radius 2 is 0.605 bits per heavy atom. The highest BCUT2D eigenvalue weighted by Gasteiger charge is 2.04. The molecule has 0 rings (SSSR count). The van der Waals surface area contributed by atoms with Crippen molar-refractivity contribution in [3.63, 3.8) is 0 Å². The summed E-state index contributed by atoms with van der Waals surface area (Å²) in [5.41, 5.74) is 0. The molecule has 4 nitrogen and oxygen atoms in total. The number of hydrogen-bond donors (Lipinski definition) is 0. The number of unbranched alkanes of at least 4 members (excludes halogenated alkanes) is 19. The minimum atomic E-state index is -0.0122. The van der Waals surface area contributed by atoms with Gasteiger partial charge in [0.15, 0.2) is 0 Å². The molecule has 0 radical (unpaired) electrons. The van der Waals surface area contributed by atoms with Crippen molar-refractivity contribution in [1.29, 1.82) is 0 Å². The summed E-state index contributed by atoms with van der Waals surface area (Å²) in [6.45, 7) is 9.78. The molecule has 0 amide bonds. The first-order chi connectivity index (χ1) is 18.4. The molecule has 0 aromatic carbocycles. The first-order valence-electron chi connectivity index (χ1n) is 16.7. The van der Waals surface area contributed by atoms with Crippen LogP contribution in [0, 0.1) is 11.8 Å². The van der Waals surface area contributed by atoms with Crippen LogP contribution >= 0.6 is 0 Å². The minimum absolute atomic E-state index is 0.0122. The van der Waals surface area contributed by atoms with Crippen molar-refractivity contribution in [3.05, 3.63) is 0 Å². The van der Waals surface area contributed by atoms with Gasteiger partial charge in [-0.05, 0) is 37.5 Å². The quantitative estimate of drug-likeness (QED) is 0.0702. The zero-order valence-corrected chi connectivity index (χ0v) is 26.2. The number of carbonyl (C=O) groups excluding carboxylic acids is 2. The molecule has 0 spiro atoms. The molecule has 0 unspecified atom stereocenters. The van der Waals surface area contributed by atoms with Crippen molar-refractivity contribution in [3.8, 4) is 0 Å². The average Bonchev–Trinajstić information content (AvgIpc) is 2.86. The molecule has 0 heterocycles. The standard InChI is InChI=1S/C34H66O4/c1-31(2)27-29-37-33(35)25-23-21-19-17-15-13-11-9-7-5-6-8-10-12-14-16-18-20-22-24-26-34(36)38-30-28-32(3)4/h31-32H,5-30H2,1-4H3. The van der Waals surface area contributed by atoms with Gasteiger partial charge in [-0.2, -0.15) is 0 Å². The maximum atomic E-state index is 11.6. The Morgan fingerprint density at radius 3 is 0.816 bits per heavy atom. The van der Waals surface area contributed by atoms with Crippen LogP contribution in [0.1, 0.15) is 182 Å². The third-order valence-corrected chi connectivity index (χ3v) is 7.43. The molecule has 0 fully saturated rings. The highest BCUT2D eigenvalue weighted by molar-refractivity contribution is 5.69. The molecule has 4 heteroatoms. The summed E-state index contributed by atoms with van der Waals surface area (Å²) in [5.74, 6) is 1.17. The molecule has 0 N–H and O–H groups in total. The van der Waals surface area contributed by atoms with Gasteiger partial charge in [-0.15, -0.1) is 0 Å². The fourth-order valence-electron chi connectivity index (χ4n) is 4.68. The lowest BCUT2D eigenvalue weighted by Gasteiger charge is -2.07. The molecule has 0 aromatic heterocycles. The van der Waals surface area contributed by atoms with E-state index in [0.29, 0.717) is 37.9 Å². The van der Waals surface area contributed by atoms with Crippen LogP contribution in [0.4, 0.5) is 0 Å². The SMILES string of the molecule is CC(C)CCOC(=O)CCCCCCCCCCCCCCCCCCCCCCC(=O)OCCC(C)C. The van der Waals surface area contributed by atoms with Crippen LogP contribution in [0.25, 0.3) is 0 Å². The van der Waals surface area contributed by atoms with Crippen molar-refractivity contribution in [2.45, 2.75) is 182 Å². The molecule has 0 atom stereocenters. The summed E-state index contributed by atoms with van der Waals surface area (Å²) >= 11 is 0. The van der Waals surface area contributed by atoms with E-state index in [1.54, 1.807) is 0 Å². The summed E-state index contributed by atoms with van der Waals surface area (Å²) in [4.78, 5) is 23.3. The van der Waals surface area contributed by atoms with Crippen molar-refractivity contribution in [2.75, 3.05) is 13.2 Å². The molecule has 0 bridgehead atoms. The van der Waals surface area contributed by atoms with Gasteiger partial charge in [0.05, 0.1) is 13.2 Å². The number of hydrogen-bond acceptors (Lipinski definition) is 4. The molecule has 0 aliphatic heterocycles. The summed E-state index contributed by atoms with van der Waals surface area (Å²) in [6.07, 6.45) is 29.2. The second-order valence-corrected chi connectivity index (χ2v) is 12.4. The van der Waals surface area contributed by atoms with Gasteiger partial charge in [-0.1, -0.05) is 143 Å². The fourth-order valence-corrected chi connectivity index (χ4v) is 4.68. The summed E-state index contributed by atoms with van der Waals surface area (Å²) in [5, 5.41) is 0. The second-order valence-electron chi connectivity index (χ2n) is 12.4. The first kappa shape index (κ1) is 36.9. The van der Waals surface area contributed by atoms with Crippen LogP contribution in [0.2, 0.25) is 0 Å². The van der Waals surface area contributed by atoms with Gasteiger partial charge in [0.1, 0.15) is 0 Å². The predicted octanol–water partition coefficient (Wildman–Crippen LogP) is 10.7.